The van der Waals surface area contributed by atoms with E-state index in [2.05, 4.69) is 20.3 Å². The van der Waals surface area contributed by atoms with Crippen LogP contribution in [0.3, 0.4) is 0 Å². The lowest BCUT2D eigenvalue weighted by Crippen LogP contribution is -2.47. The van der Waals surface area contributed by atoms with Gasteiger partial charge in [0.05, 0.1) is 19.3 Å². The maximum Gasteiger partial charge on any atom is 0.422 e. The van der Waals surface area contributed by atoms with Crippen molar-refractivity contribution in [1.82, 2.24) is 20.0 Å². The molecule has 1 aromatic carbocycles. The highest BCUT2D eigenvalue weighted by molar-refractivity contribution is 5.80. The van der Waals surface area contributed by atoms with E-state index in [4.69, 9.17) is 9.47 Å². The van der Waals surface area contributed by atoms with E-state index in [1.54, 1.807) is 30.1 Å². The number of halogens is 3. The van der Waals surface area contributed by atoms with Crippen LogP contribution < -0.4 is 10.1 Å². The maximum atomic E-state index is 12.2. The summed E-state index contributed by atoms with van der Waals surface area (Å²) in [6.45, 7) is 1.12. The van der Waals surface area contributed by atoms with Gasteiger partial charge in [0, 0.05) is 38.9 Å². The van der Waals surface area contributed by atoms with Crippen LogP contribution in [0.1, 0.15) is 17.2 Å². The quantitative estimate of drug-likeness (QED) is 0.605. The molecule has 1 aromatic heterocycles. The second kappa shape index (κ2) is 9.17. The van der Waals surface area contributed by atoms with E-state index >= 15 is 0 Å². The molecule has 0 amide bonds. The molecule has 7 nitrogen and oxygen atoms in total. The third-order valence-corrected chi connectivity index (χ3v) is 4.45. The number of nitrogens with one attached hydrogen (secondary N) is 1. The van der Waals surface area contributed by atoms with Crippen molar-refractivity contribution in [3.63, 3.8) is 0 Å². The molecule has 0 aliphatic carbocycles. The number of rotatable bonds is 5. The van der Waals surface area contributed by atoms with Gasteiger partial charge in [-0.05, 0) is 17.7 Å². The highest BCUT2D eigenvalue weighted by Gasteiger charge is 2.28. The Balaban J connectivity index is 1.53. The number of benzene rings is 1. The topological polar surface area (TPSA) is 63.9 Å². The van der Waals surface area contributed by atoms with E-state index in [1.807, 2.05) is 13.2 Å². The lowest BCUT2D eigenvalue weighted by Gasteiger charge is -2.34. The summed E-state index contributed by atoms with van der Waals surface area (Å²) in [5.41, 5.74) is 1.92. The van der Waals surface area contributed by atoms with Crippen LogP contribution in [0.25, 0.3) is 0 Å². The Kier molecular flexibility index (Phi) is 6.63. The number of aromatic nitrogens is 2. The van der Waals surface area contributed by atoms with E-state index in [9.17, 15) is 13.2 Å². The van der Waals surface area contributed by atoms with Gasteiger partial charge < -0.3 is 19.7 Å². The third kappa shape index (κ3) is 6.11. The average Bonchev–Trinajstić information content (AvgIpc) is 3.14. The Bertz CT molecular complexity index is 820. The largest absolute Gasteiger partial charge is 0.484 e. The molecule has 1 fully saturated rings. The Morgan fingerprint density at radius 2 is 2.10 bits per heavy atom. The van der Waals surface area contributed by atoms with Gasteiger partial charge in [0.2, 0.25) is 0 Å². The summed E-state index contributed by atoms with van der Waals surface area (Å²) in [6, 6.07) is 6.50. The van der Waals surface area contributed by atoms with Crippen LogP contribution in [-0.2, 0) is 18.3 Å². The molecule has 1 saturated heterocycles. The predicted octanol–water partition coefficient (Wildman–Crippen LogP) is 2.51. The molecular formula is C19H24F3N5O2. The SMILES string of the molecule is CN=C(NCc1ccc(OCC(F)(F)F)cc1)N1CCOC(c2cnn(C)c2)C1. The van der Waals surface area contributed by atoms with Crippen molar-refractivity contribution in [3.05, 3.63) is 47.8 Å². The number of hydrogen-bond acceptors (Lipinski definition) is 4. The van der Waals surface area contributed by atoms with Crippen molar-refractivity contribution < 1.29 is 22.6 Å². The zero-order valence-corrected chi connectivity index (χ0v) is 16.3. The van der Waals surface area contributed by atoms with Gasteiger partial charge in [-0.3, -0.25) is 9.67 Å². The number of aryl methyl sites for hydroxylation is 1. The number of morpholine rings is 1. The summed E-state index contributed by atoms with van der Waals surface area (Å²) < 4.78 is 49.0. The summed E-state index contributed by atoms with van der Waals surface area (Å²) in [7, 11) is 3.58. The first-order valence-electron chi connectivity index (χ1n) is 9.18. The minimum absolute atomic E-state index is 0.0823. The molecule has 3 rings (SSSR count). The fraction of sp³-hybridized carbons (Fsp3) is 0.474. The first-order chi connectivity index (χ1) is 13.8. The van der Waals surface area contributed by atoms with Crippen molar-refractivity contribution >= 4 is 5.96 Å². The molecule has 1 unspecified atom stereocenters. The van der Waals surface area contributed by atoms with E-state index in [0.717, 1.165) is 17.1 Å². The minimum Gasteiger partial charge on any atom is -0.484 e. The standard InChI is InChI=1S/C19H24F3N5O2/c1-23-18(27-7-8-28-17(12-27)15-10-25-26(2)11-15)24-9-14-3-5-16(6-4-14)29-13-19(20,21)22/h3-6,10-11,17H,7-9,12-13H2,1-2H3,(H,23,24). The number of aliphatic imine (C=N–C) groups is 1. The first kappa shape index (κ1) is 21.0. The monoisotopic (exact) mass is 411 g/mol. The summed E-state index contributed by atoms with van der Waals surface area (Å²) in [5, 5.41) is 7.48. The van der Waals surface area contributed by atoms with Crippen molar-refractivity contribution in [3.8, 4) is 5.75 Å². The predicted molar refractivity (Wildman–Crippen MR) is 102 cm³/mol. The summed E-state index contributed by atoms with van der Waals surface area (Å²) >= 11 is 0. The fourth-order valence-electron chi connectivity index (χ4n) is 3.03. The van der Waals surface area contributed by atoms with Gasteiger partial charge >= 0.3 is 6.18 Å². The van der Waals surface area contributed by atoms with Crippen LogP contribution in [0.5, 0.6) is 5.75 Å². The van der Waals surface area contributed by atoms with Gasteiger partial charge in [-0.1, -0.05) is 12.1 Å². The summed E-state index contributed by atoms with van der Waals surface area (Å²) in [6.07, 6.45) is -0.695. The molecule has 0 radical (unpaired) electrons. The van der Waals surface area contributed by atoms with Crippen molar-refractivity contribution in [1.29, 1.82) is 0 Å². The van der Waals surface area contributed by atoms with Crippen molar-refractivity contribution in [2.45, 2.75) is 18.8 Å². The van der Waals surface area contributed by atoms with Crippen molar-refractivity contribution in [2.75, 3.05) is 33.4 Å². The molecule has 29 heavy (non-hydrogen) atoms. The molecule has 158 valence electrons. The van der Waals surface area contributed by atoms with Gasteiger partial charge in [-0.15, -0.1) is 0 Å². The second-order valence-electron chi connectivity index (χ2n) is 6.70. The first-order valence-corrected chi connectivity index (χ1v) is 9.18. The molecule has 1 aliphatic rings. The van der Waals surface area contributed by atoms with Crippen LogP contribution in [0, 0.1) is 0 Å². The van der Waals surface area contributed by atoms with E-state index < -0.39 is 12.8 Å². The third-order valence-electron chi connectivity index (χ3n) is 4.45. The van der Waals surface area contributed by atoms with Gasteiger partial charge in [-0.2, -0.15) is 18.3 Å². The molecule has 0 spiro atoms. The van der Waals surface area contributed by atoms with Crippen LogP contribution >= 0.6 is 0 Å². The van der Waals surface area contributed by atoms with Crippen molar-refractivity contribution in [2.24, 2.45) is 12.0 Å². The van der Waals surface area contributed by atoms with Gasteiger partial charge in [-0.25, -0.2) is 0 Å². The number of guanidine groups is 1. The normalized spacial score (nSPS) is 18.0. The highest BCUT2D eigenvalue weighted by Crippen LogP contribution is 2.22. The van der Waals surface area contributed by atoms with Crippen LogP contribution in [0.4, 0.5) is 13.2 Å². The highest BCUT2D eigenvalue weighted by atomic mass is 19.4. The van der Waals surface area contributed by atoms with E-state index in [0.29, 0.717) is 26.2 Å². The van der Waals surface area contributed by atoms with E-state index in [1.165, 1.54) is 12.1 Å². The number of nitrogens with zero attached hydrogens (tertiary/aromatic N) is 4. The molecular weight excluding hydrogens is 387 g/mol. The minimum atomic E-state index is -4.35. The zero-order valence-electron chi connectivity index (χ0n) is 16.3. The second-order valence-corrected chi connectivity index (χ2v) is 6.70. The molecule has 0 saturated carbocycles. The fourth-order valence-corrected chi connectivity index (χ4v) is 3.03. The Labute approximate surface area is 167 Å². The molecule has 2 heterocycles. The molecule has 1 N–H and O–H groups in total. The Morgan fingerprint density at radius 1 is 1.34 bits per heavy atom. The summed E-state index contributed by atoms with van der Waals surface area (Å²) in [5.74, 6) is 0.919. The lowest BCUT2D eigenvalue weighted by molar-refractivity contribution is -0.153. The molecule has 1 atom stereocenters. The van der Waals surface area contributed by atoms with Crippen LogP contribution in [-0.4, -0.2) is 60.2 Å². The maximum absolute atomic E-state index is 12.2. The summed E-state index contributed by atoms with van der Waals surface area (Å²) in [4.78, 5) is 6.45. The zero-order chi connectivity index (χ0) is 20.9. The molecule has 2 aromatic rings. The van der Waals surface area contributed by atoms with E-state index in [-0.39, 0.29) is 11.9 Å². The average molecular weight is 411 g/mol. The number of ether oxygens (including phenoxy) is 2. The lowest BCUT2D eigenvalue weighted by atomic mass is 10.1. The van der Waals surface area contributed by atoms with Crippen LogP contribution in [0.2, 0.25) is 0 Å². The smallest absolute Gasteiger partial charge is 0.422 e. The number of alkyl halides is 3. The van der Waals surface area contributed by atoms with Gasteiger partial charge in [0.25, 0.3) is 0 Å². The molecule has 0 bridgehead atoms. The van der Waals surface area contributed by atoms with Crippen LogP contribution in [0.15, 0.2) is 41.7 Å². The van der Waals surface area contributed by atoms with Gasteiger partial charge in [0.15, 0.2) is 12.6 Å². The Morgan fingerprint density at radius 3 is 2.72 bits per heavy atom. The Hall–Kier alpha value is -2.75. The van der Waals surface area contributed by atoms with Gasteiger partial charge in [0.1, 0.15) is 11.9 Å². The molecule has 1 aliphatic heterocycles. The molecule has 10 heteroatoms. The number of hydrogen-bond donors (Lipinski definition) is 1.